The first kappa shape index (κ1) is 16.3. The van der Waals surface area contributed by atoms with Crippen molar-refractivity contribution in [1.82, 2.24) is 4.31 Å². The van der Waals surface area contributed by atoms with Crippen molar-refractivity contribution >= 4 is 33.2 Å². The van der Waals surface area contributed by atoms with E-state index in [1.807, 2.05) is 0 Å². The van der Waals surface area contributed by atoms with E-state index in [0.717, 1.165) is 12.8 Å². The molecule has 0 spiro atoms. The molecule has 1 saturated carbocycles. The molecule has 0 heterocycles. The SMILES string of the molecule is CCOC(=O)CCS(=O)(=O)N(CCC(N)=S)C1CC1. The van der Waals surface area contributed by atoms with E-state index < -0.39 is 16.0 Å². The summed E-state index contributed by atoms with van der Waals surface area (Å²) in [6.45, 7) is 2.24. The Morgan fingerprint density at radius 2 is 2.05 bits per heavy atom. The van der Waals surface area contributed by atoms with Crippen molar-refractivity contribution in [2.75, 3.05) is 18.9 Å². The minimum absolute atomic E-state index is 0.0431. The zero-order valence-corrected chi connectivity index (χ0v) is 12.6. The molecule has 110 valence electrons. The van der Waals surface area contributed by atoms with Gasteiger partial charge in [0.15, 0.2) is 0 Å². The van der Waals surface area contributed by atoms with E-state index in [9.17, 15) is 13.2 Å². The van der Waals surface area contributed by atoms with E-state index in [1.54, 1.807) is 6.92 Å². The lowest BCUT2D eigenvalue weighted by atomic mass is 10.4. The number of esters is 1. The minimum Gasteiger partial charge on any atom is -0.466 e. The van der Waals surface area contributed by atoms with Gasteiger partial charge in [0, 0.05) is 19.0 Å². The fourth-order valence-corrected chi connectivity index (χ4v) is 3.48. The molecular weight excluding hydrogens is 288 g/mol. The van der Waals surface area contributed by atoms with E-state index in [-0.39, 0.29) is 24.8 Å². The summed E-state index contributed by atoms with van der Waals surface area (Å²) in [4.78, 5) is 11.5. The third-order valence-electron chi connectivity index (χ3n) is 2.76. The lowest BCUT2D eigenvalue weighted by Crippen LogP contribution is -2.37. The summed E-state index contributed by atoms with van der Waals surface area (Å²) in [5.41, 5.74) is 5.40. The number of ether oxygens (including phenoxy) is 1. The molecule has 0 aliphatic heterocycles. The normalized spacial score (nSPS) is 15.5. The molecule has 6 nitrogen and oxygen atoms in total. The number of hydrogen-bond acceptors (Lipinski definition) is 5. The maximum atomic E-state index is 12.2. The van der Waals surface area contributed by atoms with E-state index in [1.165, 1.54) is 4.31 Å². The van der Waals surface area contributed by atoms with E-state index in [2.05, 4.69) is 0 Å². The third kappa shape index (κ3) is 5.84. The highest BCUT2D eigenvalue weighted by Gasteiger charge is 2.36. The van der Waals surface area contributed by atoms with Gasteiger partial charge in [-0.2, -0.15) is 4.31 Å². The van der Waals surface area contributed by atoms with Gasteiger partial charge in [-0.3, -0.25) is 4.79 Å². The monoisotopic (exact) mass is 308 g/mol. The zero-order valence-electron chi connectivity index (χ0n) is 11.0. The number of sulfonamides is 1. The molecule has 0 amide bonds. The maximum Gasteiger partial charge on any atom is 0.306 e. The molecule has 0 atom stereocenters. The Morgan fingerprint density at radius 1 is 1.42 bits per heavy atom. The average molecular weight is 308 g/mol. The van der Waals surface area contributed by atoms with Crippen molar-refractivity contribution in [1.29, 1.82) is 0 Å². The Morgan fingerprint density at radius 3 is 2.53 bits per heavy atom. The fraction of sp³-hybridized carbons (Fsp3) is 0.818. The lowest BCUT2D eigenvalue weighted by Gasteiger charge is -2.21. The van der Waals surface area contributed by atoms with Gasteiger partial charge in [0.25, 0.3) is 0 Å². The summed E-state index contributed by atoms with van der Waals surface area (Å²) < 4.78 is 30.5. The zero-order chi connectivity index (χ0) is 14.5. The fourth-order valence-electron chi connectivity index (χ4n) is 1.69. The molecule has 0 bridgehead atoms. The van der Waals surface area contributed by atoms with Gasteiger partial charge < -0.3 is 10.5 Å². The first-order valence-electron chi connectivity index (χ1n) is 6.30. The van der Waals surface area contributed by atoms with Crippen LogP contribution in [-0.4, -0.2) is 48.6 Å². The molecule has 0 aromatic heterocycles. The Balaban J connectivity index is 2.55. The standard InChI is InChI=1S/C11H20N2O4S2/c1-2-17-11(14)6-8-19(15,16)13(9-3-4-9)7-5-10(12)18/h9H,2-8H2,1H3,(H2,12,18). The van der Waals surface area contributed by atoms with Crippen LogP contribution in [0.5, 0.6) is 0 Å². The minimum atomic E-state index is -3.45. The highest BCUT2D eigenvalue weighted by molar-refractivity contribution is 7.89. The quantitative estimate of drug-likeness (QED) is 0.490. The molecular formula is C11H20N2O4S2. The third-order valence-corrected chi connectivity index (χ3v) is 4.88. The number of rotatable bonds is 9. The van der Waals surface area contributed by atoms with Crippen molar-refractivity contribution in [3.05, 3.63) is 0 Å². The molecule has 0 aromatic rings. The lowest BCUT2D eigenvalue weighted by molar-refractivity contribution is -0.142. The van der Waals surface area contributed by atoms with Gasteiger partial charge in [-0.05, 0) is 19.8 Å². The summed E-state index contributed by atoms with van der Waals surface area (Å²) in [5, 5.41) is 0. The Kier molecular flexibility index (Phi) is 6.15. The number of carbonyl (C=O) groups is 1. The molecule has 0 unspecified atom stereocenters. The average Bonchev–Trinajstić information content (AvgIpc) is 3.11. The van der Waals surface area contributed by atoms with Crippen LogP contribution in [0.3, 0.4) is 0 Å². The van der Waals surface area contributed by atoms with Crippen LogP contribution in [0, 0.1) is 0 Å². The smallest absolute Gasteiger partial charge is 0.306 e. The van der Waals surface area contributed by atoms with Crippen molar-refractivity contribution < 1.29 is 17.9 Å². The molecule has 0 saturated heterocycles. The van der Waals surface area contributed by atoms with Crippen molar-refractivity contribution in [2.24, 2.45) is 5.73 Å². The summed E-state index contributed by atoms with van der Waals surface area (Å²) in [6, 6.07) is 0.0431. The number of nitrogens with zero attached hydrogens (tertiary/aromatic N) is 1. The second-order valence-corrected chi connectivity index (χ2v) is 6.99. The molecule has 0 aromatic carbocycles. The van der Waals surface area contributed by atoms with Gasteiger partial charge in [-0.25, -0.2) is 8.42 Å². The maximum absolute atomic E-state index is 12.2. The predicted molar refractivity (Wildman–Crippen MR) is 76.2 cm³/mol. The second kappa shape index (κ2) is 7.16. The van der Waals surface area contributed by atoms with Gasteiger partial charge in [0.05, 0.1) is 23.8 Å². The van der Waals surface area contributed by atoms with E-state index in [0.29, 0.717) is 18.0 Å². The number of carbonyl (C=O) groups excluding carboxylic acids is 1. The van der Waals surface area contributed by atoms with Gasteiger partial charge in [0.2, 0.25) is 10.0 Å². The topological polar surface area (TPSA) is 89.7 Å². The first-order chi connectivity index (χ1) is 8.86. The van der Waals surface area contributed by atoms with Crippen LogP contribution < -0.4 is 5.73 Å². The van der Waals surface area contributed by atoms with Crippen LogP contribution in [0.25, 0.3) is 0 Å². The Hall–Kier alpha value is -0.730. The van der Waals surface area contributed by atoms with Crippen LogP contribution in [0.2, 0.25) is 0 Å². The molecule has 1 aliphatic carbocycles. The van der Waals surface area contributed by atoms with Gasteiger partial charge >= 0.3 is 5.97 Å². The van der Waals surface area contributed by atoms with Crippen LogP contribution in [-0.2, 0) is 19.6 Å². The second-order valence-electron chi connectivity index (χ2n) is 4.43. The van der Waals surface area contributed by atoms with E-state index in [4.69, 9.17) is 22.7 Å². The Labute approximate surface area is 119 Å². The summed E-state index contributed by atoms with van der Waals surface area (Å²) in [5.74, 6) is -0.712. The van der Waals surface area contributed by atoms with Crippen molar-refractivity contribution in [3.63, 3.8) is 0 Å². The number of hydrogen-bond donors (Lipinski definition) is 1. The van der Waals surface area contributed by atoms with Crippen LogP contribution in [0.4, 0.5) is 0 Å². The number of thiocarbonyl (C=S) groups is 1. The van der Waals surface area contributed by atoms with Gasteiger partial charge in [-0.15, -0.1) is 0 Å². The van der Waals surface area contributed by atoms with E-state index >= 15 is 0 Å². The summed E-state index contributed by atoms with van der Waals surface area (Å²) in [7, 11) is -3.45. The van der Waals surface area contributed by atoms with Gasteiger partial charge in [0.1, 0.15) is 0 Å². The van der Waals surface area contributed by atoms with Crippen molar-refractivity contribution in [3.8, 4) is 0 Å². The molecule has 19 heavy (non-hydrogen) atoms. The highest BCUT2D eigenvalue weighted by Crippen LogP contribution is 2.29. The molecule has 1 aliphatic rings. The van der Waals surface area contributed by atoms with Gasteiger partial charge in [-0.1, -0.05) is 12.2 Å². The largest absolute Gasteiger partial charge is 0.466 e. The first-order valence-corrected chi connectivity index (χ1v) is 8.32. The molecule has 1 fully saturated rings. The predicted octanol–water partition coefficient (Wildman–Crippen LogP) is 0.410. The molecule has 0 radical (unpaired) electrons. The molecule has 2 N–H and O–H groups in total. The molecule has 8 heteroatoms. The van der Waals surface area contributed by atoms with Crippen molar-refractivity contribution in [2.45, 2.75) is 38.6 Å². The summed E-state index contributed by atoms with van der Waals surface area (Å²) >= 11 is 4.77. The van der Waals surface area contributed by atoms with Crippen LogP contribution >= 0.6 is 12.2 Å². The summed E-state index contributed by atoms with van der Waals surface area (Å²) in [6.07, 6.45) is 1.96. The van der Waals surface area contributed by atoms with Crippen LogP contribution in [0.1, 0.15) is 32.6 Å². The highest BCUT2D eigenvalue weighted by atomic mass is 32.2. The molecule has 1 rings (SSSR count). The number of nitrogens with two attached hydrogens (primary N) is 1. The Bertz CT molecular complexity index is 432. The van der Waals surface area contributed by atoms with Crippen LogP contribution in [0.15, 0.2) is 0 Å².